The van der Waals surface area contributed by atoms with Crippen molar-refractivity contribution >= 4 is 59.1 Å². The summed E-state index contributed by atoms with van der Waals surface area (Å²) in [6.07, 6.45) is 5.13. The van der Waals surface area contributed by atoms with Gasteiger partial charge in [-0.15, -0.1) is 6.58 Å². The van der Waals surface area contributed by atoms with Gasteiger partial charge in [-0.2, -0.15) is 0 Å². The molecule has 0 bridgehead atoms. The first-order valence-corrected chi connectivity index (χ1v) is 29.2. The van der Waals surface area contributed by atoms with Crippen LogP contribution in [-0.2, 0) is 102 Å². The van der Waals surface area contributed by atoms with Crippen molar-refractivity contribution < 1.29 is 95.3 Å². The fourth-order valence-corrected chi connectivity index (χ4v) is 4.86. The number of rotatable bonds is 32. The van der Waals surface area contributed by atoms with E-state index < -0.39 is 5.91 Å². The summed E-state index contributed by atoms with van der Waals surface area (Å²) in [5, 5.41) is 23.9. The number of amides is 10. The maximum absolute atomic E-state index is 11.0. The maximum atomic E-state index is 11.0. The Balaban J connectivity index is -0.000000141. The average molecular weight is 1310 g/mol. The number of methoxy groups -OCH3 is 10. The molecule has 30 heteroatoms. The van der Waals surface area contributed by atoms with Gasteiger partial charge in [-0.05, 0) is 78.2 Å². The Bertz CT molecular complexity index is 1900. The van der Waals surface area contributed by atoms with Crippen molar-refractivity contribution in [1.29, 1.82) is 0 Å². The molecule has 0 heterocycles. The van der Waals surface area contributed by atoms with E-state index >= 15 is 0 Å². The van der Waals surface area contributed by atoms with E-state index in [1.807, 2.05) is 92.6 Å². The van der Waals surface area contributed by atoms with Crippen LogP contribution >= 0.6 is 0 Å². The highest BCUT2D eigenvalue weighted by molar-refractivity contribution is 5.80. The molecule has 1 aromatic rings. The molecule has 91 heavy (non-hydrogen) atoms. The normalized spacial score (nSPS) is 10.2. The molecule has 30 nitrogen and oxygen atoms in total. The van der Waals surface area contributed by atoms with E-state index in [4.69, 9.17) is 0 Å². The third-order valence-corrected chi connectivity index (χ3v) is 8.72. The van der Waals surface area contributed by atoms with Crippen molar-refractivity contribution in [3.63, 3.8) is 0 Å². The van der Waals surface area contributed by atoms with Crippen LogP contribution in [0.1, 0.15) is 87.1 Å². The number of ether oxygens (including phenoxy) is 10. The van der Waals surface area contributed by atoms with Crippen LogP contribution in [0, 0.1) is 11.8 Å². The van der Waals surface area contributed by atoms with Gasteiger partial charge in [0.2, 0.25) is 59.1 Å². The number of hydrogen-bond donors (Lipinski definition) is 10. The van der Waals surface area contributed by atoms with E-state index in [2.05, 4.69) is 108 Å². The molecule has 1 aliphatic rings. The first kappa shape index (κ1) is 100. The number of primary amides is 1. The van der Waals surface area contributed by atoms with E-state index in [-0.39, 0.29) is 131 Å². The Morgan fingerprint density at radius 2 is 0.890 bits per heavy atom. The second-order valence-corrected chi connectivity index (χ2v) is 20.1. The van der Waals surface area contributed by atoms with Crippen molar-refractivity contribution in [1.82, 2.24) is 47.9 Å². The molecule has 10 amide bonds. The zero-order valence-electron chi connectivity index (χ0n) is 58.6. The van der Waals surface area contributed by atoms with E-state index in [0.717, 1.165) is 37.5 Å². The monoisotopic (exact) mass is 1310 g/mol. The van der Waals surface area contributed by atoms with Crippen LogP contribution in [-0.4, -0.2) is 248 Å². The number of nitrogens with one attached hydrogen (secondary N) is 9. The Labute approximate surface area is 543 Å². The highest BCUT2D eigenvalue weighted by atomic mass is 16.5. The van der Waals surface area contributed by atoms with E-state index in [0.29, 0.717) is 25.6 Å². The number of carbonyl (C=O) groups is 10. The summed E-state index contributed by atoms with van der Waals surface area (Å²) in [4.78, 5) is 105. The Morgan fingerprint density at radius 1 is 0.516 bits per heavy atom. The van der Waals surface area contributed by atoms with Gasteiger partial charge in [-0.3, -0.25) is 47.9 Å². The molecule has 2 rings (SSSR count). The van der Waals surface area contributed by atoms with Crippen LogP contribution in [0.2, 0.25) is 0 Å². The van der Waals surface area contributed by atoms with Gasteiger partial charge in [-0.25, -0.2) is 0 Å². The van der Waals surface area contributed by atoms with Crippen LogP contribution < -0.4 is 53.6 Å². The van der Waals surface area contributed by atoms with E-state index in [1.165, 1.54) is 83.9 Å². The number of hydrogen-bond acceptors (Lipinski definition) is 20. The maximum Gasteiger partial charge on any atom is 0.246 e. The fraction of sp³-hybridized carbons (Fsp3) is 0.705. The lowest BCUT2D eigenvalue weighted by molar-refractivity contribution is -0.126. The highest BCUT2D eigenvalue weighted by Crippen LogP contribution is 2.27. The van der Waals surface area contributed by atoms with E-state index in [1.54, 1.807) is 13.1 Å². The third-order valence-electron chi connectivity index (χ3n) is 8.72. The lowest BCUT2D eigenvalue weighted by Gasteiger charge is -2.19. The predicted octanol–water partition coefficient (Wildman–Crippen LogP) is 0.578. The average Bonchev–Trinajstić information content (AvgIpc) is 3.84. The predicted molar refractivity (Wildman–Crippen MR) is 350 cm³/mol. The van der Waals surface area contributed by atoms with Crippen molar-refractivity contribution in [3.05, 3.63) is 48.6 Å². The lowest BCUT2D eigenvalue weighted by Crippen LogP contribution is -2.42. The number of likely N-dealkylation sites (N-methyl/N-ethyl adjacent to an activating group) is 2. The Hall–Kier alpha value is -6.74. The first-order chi connectivity index (χ1) is 42.9. The van der Waals surface area contributed by atoms with Crippen LogP contribution in [0.15, 0.2) is 43.0 Å². The van der Waals surface area contributed by atoms with Gasteiger partial charge in [0.05, 0.1) is 0 Å². The van der Waals surface area contributed by atoms with Gasteiger partial charge in [0.25, 0.3) is 0 Å². The second-order valence-electron chi connectivity index (χ2n) is 20.1. The topological polar surface area (TPSA) is 397 Å². The number of nitrogens with two attached hydrogens (primary N) is 1. The Morgan fingerprint density at radius 3 is 1.22 bits per heavy atom. The number of carbonyl (C=O) groups excluding carboxylic acids is 10. The van der Waals surface area contributed by atoms with E-state index in [9.17, 15) is 47.9 Å². The van der Waals surface area contributed by atoms with Gasteiger partial charge in [-0.1, -0.05) is 57.2 Å². The van der Waals surface area contributed by atoms with Gasteiger partial charge in [0, 0.05) is 129 Å². The molecule has 0 radical (unpaired) electrons. The summed E-state index contributed by atoms with van der Waals surface area (Å²) in [7, 11) is 16.5. The molecule has 0 saturated heterocycles. The lowest BCUT2D eigenvalue weighted by atomic mass is 10.1. The summed E-state index contributed by atoms with van der Waals surface area (Å²) < 4.78 is 45.7. The fourth-order valence-electron chi connectivity index (χ4n) is 4.86. The summed E-state index contributed by atoms with van der Waals surface area (Å²) in [5.41, 5.74) is 5.57. The minimum Gasteiger partial charge on any atom is -0.375 e. The summed E-state index contributed by atoms with van der Waals surface area (Å²) in [6.45, 7) is 26.4. The largest absolute Gasteiger partial charge is 0.375 e. The molecular weight excluding hydrogens is 1190 g/mol. The first-order valence-electron chi connectivity index (χ1n) is 29.2. The molecule has 0 aliphatic heterocycles. The zero-order chi connectivity index (χ0) is 71.7. The summed E-state index contributed by atoms with van der Waals surface area (Å²) >= 11 is 0. The quantitative estimate of drug-likeness (QED) is 0.0441. The smallest absolute Gasteiger partial charge is 0.246 e. The van der Waals surface area contributed by atoms with Crippen LogP contribution in [0.4, 0.5) is 0 Å². The molecule has 534 valence electrons. The zero-order valence-corrected chi connectivity index (χ0v) is 58.6. The molecule has 0 atom stereocenters. The number of benzene rings is 1. The SMILES string of the molecule is C=CCNC(=O)COC.CCCNC(=O)COC.CCNC(=O)COC.CNC(=O)COC.COCC(=O)NC(C)(C)C.COCC(=O)NC(C)C.COCC(=O)NCC(C)C.COCC(=O)NCC1CC1.COCC(=O)NCc1ccccc1.COCC(N)=O. The molecule has 1 aliphatic carbocycles. The van der Waals surface area contributed by atoms with Crippen LogP contribution in [0.5, 0.6) is 0 Å². The Kier molecular flexibility index (Phi) is 85.5. The molecule has 0 spiro atoms. The molecule has 11 N–H and O–H groups in total. The van der Waals surface area contributed by atoms with Crippen molar-refractivity contribution in [2.75, 3.05) is 177 Å². The summed E-state index contributed by atoms with van der Waals surface area (Å²) in [6, 6.07) is 9.96. The molecule has 1 saturated carbocycles. The summed E-state index contributed by atoms with van der Waals surface area (Å²) in [5.74, 6) is 0.229. The highest BCUT2D eigenvalue weighted by Gasteiger charge is 2.21. The van der Waals surface area contributed by atoms with Crippen molar-refractivity contribution in [2.24, 2.45) is 17.6 Å². The van der Waals surface area contributed by atoms with Crippen LogP contribution in [0.3, 0.4) is 0 Å². The minimum absolute atomic E-state index is 0.00519. The second kappa shape index (κ2) is 77.5. The molecule has 0 unspecified atom stereocenters. The molecule has 1 fully saturated rings. The van der Waals surface area contributed by atoms with Crippen molar-refractivity contribution in [2.45, 2.75) is 99.7 Å². The third kappa shape index (κ3) is 108. The van der Waals surface area contributed by atoms with Gasteiger partial charge in [0.1, 0.15) is 66.1 Å². The molecule has 0 aromatic heterocycles. The minimum atomic E-state index is -0.433. The van der Waals surface area contributed by atoms with Gasteiger partial charge < -0.3 is 101 Å². The van der Waals surface area contributed by atoms with Gasteiger partial charge >= 0.3 is 0 Å². The van der Waals surface area contributed by atoms with Gasteiger partial charge in [0.15, 0.2) is 0 Å². The van der Waals surface area contributed by atoms with Crippen LogP contribution in [0.25, 0.3) is 0 Å². The molecule has 1 aromatic carbocycles. The molecular formula is C61H120N10O20. The van der Waals surface area contributed by atoms with Crippen molar-refractivity contribution in [3.8, 4) is 0 Å². The standard InChI is InChI=1S/C10H13NO2.C7H13NO2.2C7H15NO2.2C6H13NO2.C6H11NO2.C5H11NO2.C4H9NO2.C3H7NO2/c1-13-8-10(12)11-7-9-5-3-2-4-6-9;1-10-5-7(9)8-4-6-2-3-6;1-7(2,3)8-6(9)5-10-4;1-6(2)4-8-7(9)5-10-3;1-5(2)7-6(8)4-9-3;2*1-3-4-7-6(8)5-9-2;1-3-6-5(7)4-8-2;1-5-4(6)3-7-2;1-6-2-3(4)5/h2-6H,7-8H2,1H3,(H,11,12);6H,2-5H2,1H3,(H,8,9);5H2,1-4H3,(H,8,9);6H,4-5H2,1-3H3,(H,8,9);5H,4H2,1-3H3,(H,7,8);3-5H2,1-2H3,(H,7,8);3H,1,4-5H2,2H3,(H,7,8);3-4H2,1-2H3,(H,6,7);3H2,1-2H3,(H,5,6);2H2,1H3,(H2,4,5).